The Morgan fingerprint density at radius 2 is 1.92 bits per heavy atom. The Kier molecular flexibility index (Phi) is 3.28. The molecule has 0 bridgehead atoms. The Bertz CT molecular complexity index is 1190. The summed E-state index contributed by atoms with van der Waals surface area (Å²) in [6.07, 6.45) is 5.49. The van der Waals surface area contributed by atoms with Crippen molar-refractivity contribution in [2.24, 2.45) is 7.05 Å². The predicted molar refractivity (Wildman–Crippen MR) is 103 cm³/mol. The summed E-state index contributed by atoms with van der Waals surface area (Å²) in [7, 11) is 1.95. The lowest BCUT2D eigenvalue weighted by atomic mass is 10.0. The molecule has 0 saturated carbocycles. The molecule has 128 valence electrons. The number of imidazole rings is 1. The molecular formula is C22H19N3O. The van der Waals surface area contributed by atoms with Crippen molar-refractivity contribution < 1.29 is 8.91 Å². The third kappa shape index (κ3) is 3.14. The van der Waals surface area contributed by atoms with Gasteiger partial charge in [-0.25, -0.2) is 4.98 Å². The Morgan fingerprint density at radius 3 is 2.65 bits per heavy atom. The quantitative estimate of drug-likeness (QED) is 0.517. The fourth-order valence-corrected chi connectivity index (χ4v) is 3.00. The van der Waals surface area contributed by atoms with Gasteiger partial charge in [0.25, 0.3) is 0 Å². The minimum absolute atomic E-state index is 0.100. The maximum Gasteiger partial charge on any atom is 0.168 e. The summed E-state index contributed by atoms with van der Waals surface area (Å²) in [6.45, 7) is -2.17. The van der Waals surface area contributed by atoms with Gasteiger partial charge in [-0.3, -0.25) is 9.78 Å². The molecule has 4 heteroatoms. The maximum absolute atomic E-state index is 12.6. The van der Waals surface area contributed by atoms with Crippen LogP contribution in [0.3, 0.4) is 0 Å². The summed E-state index contributed by atoms with van der Waals surface area (Å²) in [5.74, 6) is -0.100. The molecule has 0 spiro atoms. The van der Waals surface area contributed by atoms with Gasteiger partial charge >= 0.3 is 0 Å². The molecule has 2 aromatic carbocycles. The van der Waals surface area contributed by atoms with Crippen molar-refractivity contribution in [3.05, 3.63) is 84.1 Å². The minimum atomic E-state index is -2.17. The Morgan fingerprint density at radius 1 is 1.08 bits per heavy atom. The predicted octanol–water partition coefficient (Wildman–Crippen LogP) is 4.37. The molecule has 0 aliphatic rings. The molecule has 4 aromatic rings. The van der Waals surface area contributed by atoms with Crippen LogP contribution in [0.1, 0.15) is 25.7 Å². The van der Waals surface area contributed by atoms with Crippen molar-refractivity contribution in [3.63, 3.8) is 0 Å². The van der Waals surface area contributed by atoms with Crippen LogP contribution in [0.5, 0.6) is 0 Å². The van der Waals surface area contributed by atoms with E-state index in [1.54, 1.807) is 24.7 Å². The lowest BCUT2D eigenvalue weighted by Gasteiger charge is -2.07. The molecule has 0 saturated heterocycles. The van der Waals surface area contributed by atoms with Gasteiger partial charge in [-0.05, 0) is 24.4 Å². The van der Waals surface area contributed by atoms with Crippen LogP contribution in [0, 0.1) is 6.85 Å². The summed E-state index contributed by atoms with van der Waals surface area (Å²) in [4.78, 5) is 21.2. The Hall–Kier alpha value is -3.27. The number of carbonyl (C=O) groups is 1. The number of ketones is 1. The van der Waals surface area contributed by atoms with Crippen molar-refractivity contribution in [1.29, 1.82) is 0 Å². The van der Waals surface area contributed by atoms with Gasteiger partial charge in [-0.2, -0.15) is 0 Å². The van der Waals surface area contributed by atoms with Crippen LogP contribution in [0.4, 0.5) is 0 Å². The average Bonchev–Trinajstić information content (AvgIpc) is 3.13. The highest BCUT2D eigenvalue weighted by molar-refractivity contribution is 5.98. The highest BCUT2D eigenvalue weighted by atomic mass is 16.1. The van der Waals surface area contributed by atoms with Gasteiger partial charge in [0, 0.05) is 39.6 Å². The third-order valence-electron chi connectivity index (χ3n) is 4.44. The van der Waals surface area contributed by atoms with Gasteiger partial charge in [-0.15, -0.1) is 0 Å². The number of hydrogen-bond donors (Lipinski definition) is 0. The molecule has 4 nitrogen and oxygen atoms in total. The number of carbonyl (C=O) groups excluding carboxylic acids is 1. The molecule has 0 atom stereocenters. The zero-order valence-electron chi connectivity index (χ0n) is 17.3. The number of rotatable bonds is 4. The number of aryl methyl sites for hydroxylation is 2. The summed E-state index contributed by atoms with van der Waals surface area (Å²) in [5, 5.41) is 1.99. The second-order valence-corrected chi connectivity index (χ2v) is 6.30. The van der Waals surface area contributed by atoms with E-state index in [9.17, 15) is 4.79 Å². The molecule has 2 heterocycles. The van der Waals surface area contributed by atoms with Crippen molar-refractivity contribution in [2.75, 3.05) is 0 Å². The number of hydrogen-bond acceptors (Lipinski definition) is 3. The molecule has 0 aliphatic heterocycles. The van der Waals surface area contributed by atoms with Crippen molar-refractivity contribution in [2.45, 2.75) is 13.3 Å². The van der Waals surface area contributed by atoms with E-state index in [1.807, 2.05) is 36.0 Å². The highest BCUT2D eigenvalue weighted by Crippen LogP contribution is 2.24. The topological polar surface area (TPSA) is 47.8 Å². The van der Waals surface area contributed by atoms with E-state index in [2.05, 4.69) is 16.0 Å². The highest BCUT2D eigenvalue weighted by Gasteiger charge is 2.09. The standard InChI is InChI=1S/C22H19N3O/c1-15-3-5-16(6-4-15)22(26)11-20-10-19-9-17(7-8-18(19)12-24-20)21-13-23-14-25(21)2/h3-10,12-14H,11H2,1-2H3/i1D3. The second kappa shape index (κ2) is 6.56. The number of Topliss-reactive ketones (excluding diaryl/α,β-unsaturated/α-hetero) is 1. The second-order valence-electron chi connectivity index (χ2n) is 6.30. The van der Waals surface area contributed by atoms with E-state index >= 15 is 0 Å². The van der Waals surface area contributed by atoms with E-state index in [-0.39, 0.29) is 17.8 Å². The molecule has 0 N–H and O–H groups in total. The monoisotopic (exact) mass is 344 g/mol. The van der Waals surface area contributed by atoms with E-state index in [0.717, 1.165) is 22.0 Å². The zero-order chi connectivity index (χ0) is 20.6. The normalized spacial score (nSPS) is 13.2. The molecule has 2 aromatic heterocycles. The van der Waals surface area contributed by atoms with Gasteiger partial charge in [0.1, 0.15) is 0 Å². The average molecular weight is 344 g/mol. The van der Waals surface area contributed by atoms with E-state index in [0.29, 0.717) is 11.3 Å². The first-order valence-electron chi connectivity index (χ1n) is 9.80. The molecule has 26 heavy (non-hydrogen) atoms. The fraction of sp³-hybridized carbons (Fsp3) is 0.136. The Labute approximate surface area is 156 Å². The summed E-state index contributed by atoms with van der Waals surface area (Å²) in [6, 6.07) is 14.1. The van der Waals surface area contributed by atoms with Crippen molar-refractivity contribution in [3.8, 4) is 11.3 Å². The first kappa shape index (κ1) is 13.0. The molecule has 0 aliphatic carbocycles. The maximum atomic E-state index is 12.6. The largest absolute Gasteiger partial charge is 0.334 e. The van der Waals surface area contributed by atoms with Gasteiger partial charge in [-0.1, -0.05) is 42.0 Å². The molecular weight excluding hydrogens is 322 g/mol. The first-order chi connectivity index (χ1) is 13.8. The van der Waals surface area contributed by atoms with Gasteiger partial charge in [0.2, 0.25) is 0 Å². The Balaban J connectivity index is 1.59. The number of pyridine rings is 1. The van der Waals surface area contributed by atoms with Gasteiger partial charge in [0.05, 0.1) is 24.6 Å². The van der Waals surface area contributed by atoms with Crippen LogP contribution in [-0.4, -0.2) is 20.3 Å². The van der Waals surface area contributed by atoms with Crippen LogP contribution < -0.4 is 0 Å². The van der Waals surface area contributed by atoms with Crippen molar-refractivity contribution >= 4 is 16.6 Å². The zero-order valence-corrected chi connectivity index (χ0v) is 14.3. The SMILES string of the molecule is [2H]C([2H])([2H])c1ccc(C(=O)Cc2cc3cc(-c4cncn4C)ccc3cn2)cc1. The van der Waals surface area contributed by atoms with E-state index in [1.165, 1.54) is 12.1 Å². The van der Waals surface area contributed by atoms with Gasteiger partial charge < -0.3 is 4.57 Å². The molecule has 0 amide bonds. The molecule has 0 radical (unpaired) electrons. The lowest BCUT2D eigenvalue weighted by Crippen LogP contribution is -2.05. The fourth-order valence-electron chi connectivity index (χ4n) is 3.00. The van der Waals surface area contributed by atoms with Gasteiger partial charge in [0.15, 0.2) is 5.78 Å². The number of nitrogens with zero attached hydrogens (tertiary/aromatic N) is 3. The lowest BCUT2D eigenvalue weighted by molar-refractivity contribution is 0.0992. The summed E-state index contributed by atoms with van der Waals surface area (Å²) < 4.78 is 24.2. The van der Waals surface area contributed by atoms with E-state index in [4.69, 9.17) is 4.11 Å². The minimum Gasteiger partial charge on any atom is -0.334 e. The smallest absolute Gasteiger partial charge is 0.168 e. The summed E-state index contributed by atoms with van der Waals surface area (Å²) in [5.41, 5.74) is 3.42. The molecule has 0 unspecified atom stereocenters. The van der Waals surface area contributed by atoms with Crippen LogP contribution in [0.2, 0.25) is 0 Å². The number of aromatic nitrogens is 3. The number of fused-ring (bicyclic) bond motifs is 1. The van der Waals surface area contributed by atoms with Crippen LogP contribution in [-0.2, 0) is 13.5 Å². The summed E-state index contributed by atoms with van der Waals surface area (Å²) >= 11 is 0. The van der Waals surface area contributed by atoms with Crippen LogP contribution in [0.15, 0.2) is 67.3 Å². The third-order valence-corrected chi connectivity index (χ3v) is 4.44. The molecule has 4 rings (SSSR count). The number of benzene rings is 2. The van der Waals surface area contributed by atoms with Crippen LogP contribution in [0.25, 0.3) is 22.0 Å². The molecule has 0 fully saturated rings. The first-order valence-corrected chi connectivity index (χ1v) is 8.30. The van der Waals surface area contributed by atoms with Crippen molar-refractivity contribution in [1.82, 2.24) is 14.5 Å². The van der Waals surface area contributed by atoms with Crippen LogP contribution >= 0.6 is 0 Å². The van der Waals surface area contributed by atoms with E-state index < -0.39 is 6.85 Å².